The van der Waals surface area contributed by atoms with Crippen molar-refractivity contribution in [3.8, 4) is 0 Å². The molecule has 2 aliphatic rings. The summed E-state index contributed by atoms with van der Waals surface area (Å²) >= 11 is 0. The molecular weight excluding hydrogens is 312 g/mol. The predicted molar refractivity (Wildman–Crippen MR) is 97.4 cm³/mol. The third kappa shape index (κ3) is 3.41. The Morgan fingerprint density at radius 1 is 1.28 bits per heavy atom. The first-order chi connectivity index (χ1) is 12.3. The van der Waals surface area contributed by atoms with Gasteiger partial charge in [-0.25, -0.2) is 9.78 Å². The maximum absolute atomic E-state index is 12.0. The number of urea groups is 1. The standard InChI is InChI=1S/C20H26N4O/c25-19(22-9-3-4-11-24-12-10-21-15-24)23-14-17-13-20(17)8-7-16-5-1-2-6-18(16)20/h1-2,5-6,10,12,15,17H,3-4,7-9,11,13-14H2,(H2,22,23,25)/t17-,20+/m1/s1. The molecule has 2 amide bonds. The van der Waals surface area contributed by atoms with Crippen LogP contribution in [-0.4, -0.2) is 28.7 Å². The average Bonchev–Trinajstić information content (AvgIpc) is 2.96. The molecule has 1 spiro atoms. The fourth-order valence-corrected chi connectivity index (χ4v) is 4.32. The number of nitrogens with one attached hydrogen (secondary N) is 2. The molecule has 1 saturated carbocycles. The van der Waals surface area contributed by atoms with Crippen LogP contribution >= 0.6 is 0 Å². The molecular formula is C20H26N4O. The number of carbonyl (C=O) groups excluding carboxylic acids is 1. The molecule has 1 fully saturated rings. The van der Waals surface area contributed by atoms with Crippen molar-refractivity contribution in [3.63, 3.8) is 0 Å². The summed E-state index contributed by atoms with van der Waals surface area (Å²) in [5.74, 6) is 0.600. The van der Waals surface area contributed by atoms with E-state index in [4.69, 9.17) is 0 Å². The number of fused-ring (bicyclic) bond motifs is 2. The summed E-state index contributed by atoms with van der Waals surface area (Å²) in [5.41, 5.74) is 3.39. The van der Waals surface area contributed by atoms with Gasteiger partial charge in [0.15, 0.2) is 0 Å². The Morgan fingerprint density at radius 2 is 2.20 bits per heavy atom. The number of imidazole rings is 1. The van der Waals surface area contributed by atoms with Crippen molar-refractivity contribution < 1.29 is 4.79 Å². The number of hydrogen-bond donors (Lipinski definition) is 2. The van der Waals surface area contributed by atoms with Gasteiger partial charge >= 0.3 is 6.03 Å². The normalized spacial score (nSPS) is 23.4. The van der Waals surface area contributed by atoms with Crippen LogP contribution in [0.1, 0.15) is 36.8 Å². The quantitative estimate of drug-likeness (QED) is 0.763. The molecule has 0 aliphatic heterocycles. The van der Waals surface area contributed by atoms with Crippen molar-refractivity contribution in [3.05, 3.63) is 54.1 Å². The van der Waals surface area contributed by atoms with Gasteiger partial charge in [-0.05, 0) is 49.1 Å². The Hall–Kier alpha value is -2.30. The molecule has 4 rings (SSSR count). The number of amides is 2. The second kappa shape index (κ2) is 6.90. The maximum Gasteiger partial charge on any atom is 0.314 e. The highest BCUT2D eigenvalue weighted by molar-refractivity contribution is 5.73. The second-order valence-corrected chi connectivity index (χ2v) is 7.36. The van der Waals surface area contributed by atoms with Crippen LogP contribution in [-0.2, 0) is 18.4 Å². The zero-order valence-electron chi connectivity index (χ0n) is 14.6. The van der Waals surface area contributed by atoms with Crippen molar-refractivity contribution in [2.45, 2.75) is 44.1 Å². The van der Waals surface area contributed by atoms with Crippen molar-refractivity contribution >= 4 is 6.03 Å². The van der Waals surface area contributed by atoms with Gasteiger partial charge in [0, 0.05) is 37.4 Å². The number of carbonyl (C=O) groups is 1. The third-order valence-electron chi connectivity index (χ3n) is 5.82. The molecule has 2 aliphatic carbocycles. The lowest BCUT2D eigenvalue weighted by atomic mass is 9.95. The monoisotopic (exact) mass is 338 g/mol. The first-order valence-corrected chi connectivity index (χ1v) is 9.34. The Balaban J connectivity index is 1.14. The van der Waals surface area contributed by atoms with E-state index in [1.54, 1.807) is 6.20 Å². The van der Waals surface area contributed by atoms with Crippen LogP contribution < -0.4 is 10.6 Å². The molecule has 0 radical (unpaired) electrons. The van der Waals surface area contributed by atoms with Gasteiger partial charge < -0.3 is 15.2 Å². The van der Waals surface area contributed by atoms with Crippen LogP contribution in [0.25, 0.3) is 0 Å². The topological polar surface area (TPSA) is 59.0 Å². The van der Waals surface area contributed by atoms with Crippen LogP contribution in [0.4, 0.5) is 4.79 Å². The van der Waals surface area contributed by atoms with E-state index in [1.807, 2.05) is 12.5 Å². The van der Waals surface area contributed by atoms with Crippen molar-refractivity contribution in [1.29, 1.82) is 0 Å². The highest BCUT2D eigenvalue weighted by Gasteiger charge is 2.57. The van der Waals surface area contributed by atoms with E-state index in [9.17, 15) is 4.79 Å². The van der Waals surface area contributed by atoms with Crippen LogP contribution in [0.2, 0.25) is 0 Å². The Kier molecular flexibility index (Phi) is 4.47. The van der Waals surface area contributed by atoms with E-state index in [0.717, 1.165) is 32.5 Å². The number of aromatic nitrogens is 2. The van der Waals surface area contributed by atoms with Gasteiger partial charge in [-0.2, -0.15) is 0 Å². The minimum Gasteiger partial charge on any atom is -0.338 e. The van der Waals surface area contributed by atoms with Gasteiger partial charge in [-0.15, -0.1) is 0 Å². The summed E-state index contributed by atoms with van der Waals surface area (Å²) in [6.45, 7) is 2.46. The van der Waals surface area contributed by atoms with Gasteiger partial charge in [0.25, 0.3) is 0 Å². The zero-order chi connectivity index (χ0) is 17.1. The van der Waals surface area contributed by atoms with Crippen LogP contribution in [0.15, 0.2) is 43.0 Å². The largest absolute Gasteiger partial charge is 0.338 e. The Morgan fingerprint density at radius 3 is 3.08 bits per heavy atom. The number of rotatable bonds is 7. The molecule has 2 N–H and O–H groups in total. The third-order valence-corrected chi connectivity index (χ3v) is 5.82. The van der Waals surface area contributed by atoms with Crippen LogP contribution in [0, 0.1) is 5.92 Å². The van der Waals surface area contributed by atoms with Crippen LogP contribution in [0.5, 0.6) is 0 Å². The molecule has 25 heavy (non-hydrogen) atoms. The zero-order valence-corrected chi connectivity index (χ0v) is 14.6. The number of nitrogens with zero attached hydrogens (tertiary/aromatic N) is 2. The summed E-state index contributed by atoms with van der Waals surface area (Å²) in [6, 6.07) is 8.78. The molecule has 2 atom stereocenters. The molecule has 0 bridgehead atoms. The molecule has 2 aromatic rings. The maximum atomic E-state index is 12.0. The number of hydrogen-bond acceptors (Lipinski definition) is 2. The molecule has 0 unspecified atom stereocenters. The summed E-state index contributed by atoms with van der Waals surface area (Å²) < 4.78 is 2.06. The number of aryl methyl sites for hydroxylation is 2. The summed E-state index contributed by atoms with van der Waals surface area (Å²) in [6.07, 6.45) is 11.3. The number of unbranched alkanes of at least 4 members (excludes halogenated alkanes) is 1. The summed E-state index contributed by atoms with van der Waals surface area (Å²) in [5, 5.41) is 6.03. The van der Waals surface area contributed by atoms with E-state index < -0.39 is 0 Å². The highest BCUT2D eigenvalue weighted by Crippen LogP contribution is 2.61. The number of benzene rings is 1. The van der Waals surface area contributed by atoms with Crippen molar-refractivity contribution in [2.24, 2.45) is 5.92 Å². The summed E-state index contributed by atoms with van der Waals surface area (Å²) in [7, 11) is 0. The van der Waals surface area contributed by atoms with E-state index in [1.165, 1.54) is 30.4 Å². The molecule has 1 aromatic carbocycles. The molecule has 1 aromatic heterocycles. The minimum absolute atomic E-state index is 0.0315. The first-order valence-electron chi connectivity index (χ1n) is 9.34. The average molecular weight is 338 g/mol. The van der Waals surface area contributed by atoms with Gasteiger partial charge in [0.2, 0.25) is 0 Å². The van der Waals surface area contributed by atoms with E-state index in [2.05, 4.69) is 44.5 Å². The first kappa shape index (κ1) is 16.2. The fraction of sp³-hybridized carbons (Fsp3) is 0.500. The SMILES string of the molecule is O=C(NCCCCn1ccnc1)NC[C@H]1C[C@@]12CCc1ccccc12. The lowest BCUT2D eigenvalue weighted by Gasteiger charge is -2.12. The smallest absolute Gasteiger partial charge is 0.314 e. The molecule has 132 valence electrons. The predicted octanol–water partition coefficient (Wildman–Crippen LogP) is 2.87. The fourth-order valence-electron chi connectivity index (χ4n) is 4.32. The Labute approximate surface area is 148 Å². The van der Waals surface area contributed by atoms with Crippen molar-refractivity contribution in [2.75, 3.05) is 13.1 Å². The lowest BCUT2D eigenvalue weighted by Crippen LogP contribution is -2.37. The minimum atomic E-state index is -0.0315. The molecule has 5 heteroatoms. The van der Waals surface area contributed by atoms with Gasteiger partial charge in [-0.3, -0.25) is 0 Å². The van der Waals surface area contributed by atoms with Crippen LogP contribution in [0.3, 0.4) is 0 Å². The van der Waals surface area contributed by atoms with Gasteiger partial charge in [0.05, 0.1) is 6.33 Å². The van der Waals surface area contributed by atoms with Gasteiger partial charge in [0.1, 0.15) is 0 Å². The van der Waals surface area contributed by atoms with Crippen molar-refractivity contribution in [1.82, 2.24) is 20.2 Å². The van der Waals surface area contributed by atoms with E-state index >= 15 is 0 Å². The highest BCUT2D eigenvalue weighted by atomic mass is 16.2. The van der Waals surface area contributed by atoms with E-state index in [-0.39, 0.29) is 6.03 Å². The molecule has 0 saturated heterocycles. The summed E-state index contributed by atoms with van der Waals surface area (Å²) in [4.78, 5) is 16.0. The van der Waals surface area contributed by atoms with Gasteiger partial charge in [-0.1, -0.05) is 24.3 Å². The second-order valence-electron chi connectivity index (χ2n) is 7.36. The van der Waals surface area contributed by atoms with E-state index in [0.29, 0.717) is 11.3 Å². The lowest BCUT2D eigenvalue weighted by molar-refractivity contribution is 0.240. The molecule has 5 nitrogen and oxygen atoms in total. The molecule has 1 heterocycles. The Bertz CT molecular complexity index is 727.